The van der Waals surface area contributed by atoms with Crippen LogP contribution in [0.4, 0.5) is 11.0 Å². The van der Waals surface area contributed by atoms with E-state index >= 15 is 0 Å². The summed E-state index contributed by atoms with van der Waals surface area (Å²) in [7, 11) is 0. The predicted octanol–water partition coefficient (Wildman–Crippen LogP) is 2.51. The monoisotopic (exact) mass is 370 g/mol. The highest BCUT2D eigenvalue weighted by Gasteiger charge is 2.29. The van der Waals surface area contributed by atoms with E-state index in [1.54, 1.807) is 17.6 Å². The first-order valence-corrected chi connectivity index (χ1v) is 8.89. The Morgan fingerprint density at radius 3 is 2.92 bits per heavy atom. The molecule has 0 bridgehead atoms. The topological polar surface area (TPSA) is 121 Å². The van der Waals surface area contributed by atoms with E-state index in [0.29, 0.717) is 42.7 Å². The lowest BCUT2D eigenvalue weighted by molar-refractivity contribution is -0.120. The second-order valence-electron chi connectivity index (χ2n) is 5.76. The van der Waals surface area contributed by atoms with E-state index in [-0.39, 0.29) is 23.4 Å². The minimum Gasteiger partial charge on any atom is -0.459 e. The number of piperidine rings is 1. The maximum atomic E-state index is 12.3. The molecule has 10 heteroatoms. The third kappa shape index (κ3) is 3.16. The van der Waals surface area contributed by atoms with Crippen molar-refractivity contribution in [2.45, 2.75) is 12.8 Å². The quantitative estimate of drug-likeness (QED) is 0.743. The number of rotatable bonds is 4. The molecule has 0 saturated carbocycles. The molecule has 4 rings (SSSR count). The number of nitrogens with one attached hydrogen (secondary N) is 1. The average Bonchev–Trinajstić information content (AvgIpc) is 3.42. The van der Waals surface area contributed by atoms with Gasteiger partial charge in [-0.1, -0.05) is 11.3 Å². The summed E-state index contributed by atoms with van der Waals surface area (Å²) < 4.78 is 11.0. The first-order chi connectivity index (χ1) is 12.7. The molecule has 0 atom stereocenters. The number of nitrogens with zero attached hydrogens (tertiary/aromatic N) is 5. The largest absolute Gasteiger partial charge is 0.459 e. The molecular weight excluding hydrogens is 356 g/mol. The van der Waals surface area contributed by atoms with Crippen LogP contribution in [0.1, 0.15) is 18.5 Å². The van der Waals surface area contributed by atoms with Crippen LogP contribution >= 0.6 is 11.3 Å². The zero-order valence-corrected chi connectivity index (χ0v) is 14.4. The summed E-state index contributed by atoms with van der Waals surface area (Å²) >= 11 is 1.29. The van der Waals surface area contributed by atoms with E-state index in [4.69, 9.17) is 8.83 Å². The fourth-order valence-electron chi connectivity index (χ4n) is 2.88. The fourth-order valence-corrected chi connectivity index (χ4v) is 3.33. The van der Waals surface area contributed by atoms with Gasteiger partial charge in [0.2, 0.25) is 22.6 Å². The summed E-state index contributed by atoms with van der Waals surface area (Å²) in [5.41, 5.74) is 1.79. The first-order valence-electron chi connectivity index (χ1n) is 8.01. The number of anilines is 2. The van der Waals surface area contributed by atoms with Gasteiger partial charge >= 0.3 is 0 Å². The normalized spacial score (nSPS) is 15.0. The Bertz CT molecular complexity index is 920. The number of carbonyl (C=O) groups is 1. The smallest absolute Gasteiger partial charge is 0.266 e. The second kappa shape index (κ2) is 6.97. The zero-order chi connectivity index (χ0) is 17.9. The van der Waals surface area contributed by atoms with Crippen molar-refractivity contribution < 1.29 is 13.6 Å². The van der Waals surface area contributed by atoms with Crippen LogP contribution < -0.4 is 10.2 Å². The van der Waals surface area contributed by atoms with Gasteiger partial charge in [-0.2, -0.15) is 10.2 Å². The number of hydrogen-bond donors (Lipinski definition) is 1. The van der Waals surface area contributed by atoms with E-state index in [1.807, 2.05) is 4.90 Å². The first kappa shape index (κ1) is 16.3. The zero-order valence-electron chi connectivity index (χ0n) is 13.6. The Morgan fingerprint density at radius 2 is 2.27 bits per heavy atom. The third-order valence-corrected chi connectivity index (χ3v) is 4.80. The molecule has 0 spiro atoms. The molecule has 0 radical (unpaired) electrons. The van der Waals surface area contributed by atoms with Crippen molar-refractivity contribution in [3.63, 3.8) is 0 Å². The molecule has 1 aliphatic heterocycles. The van der Waals surface area contributed by atoms with Crippen molar-refractivity contribution in [1.82, 2.24) is 15.2 Å². The molecule has 0 unspecified atom stereocenters. The van der Waals surface area contributed by atoms with Crippen LogP contribution in [0.25, 0.3) is 11.7 Å². The fraction of sp³-hybridized carbons (Fsp3) is 0.312. The molecule has 1 N–H and O–H groups in total. The highest BCUT2D eigenvalue weighted by Crippen LogP contribution is 2.31. The van der Waals surface area contributed by atoms with Crippen molar-refractivity contribution >= 4 is 28.3 Å². The number of oxazole rings is 1. The Kier molecular flexibility index (Phi) is 4.37. The van der Waals surface area contributed by atoms with Gasteiger partial charge in [-0.15, -0.1) is 10.2 Å². The van der Waals surface area contributed by atoms with E-state index in [9.17, 15) is 10.1 Å². The molecule has 1 fully saturated rings. The molecule has 9 nitrogen and oxygen atoms in total. The van der Waals surface area contributed by atoms with Crippen molar-refractivity contribution in [2.75, 3.05) is 23.3 Å². The maximum absolute atomic E-state index is 12.3. The molecule has 0 aromatic carbocycles. The number of amides is 1. The van der Waals surface area contributed by atoms with Crippen LogP contribution in [-0.4, -0.2) is 34.2 Å². The van der Waals surface area contributed by atoms with Crippen LogP contribution in [0.15, 0.2) is 32.7 Å². The Labute approximate surface area is 152 Å². The molecule has 26 heavy (non-hydrogen) atoms. The van der Waals surface area contributed by atoms with Crippen LogP contribution in [0.3, 0.4) is 0 Å². The summed E-state index contributed by atoms with van der Waals surface area (Å²) in [6, 6.07) is 5.51. The van der Waals surface area contributed by atoms with Gasteiger partial charge in [-0.25, -0.2) is 0 Å². The SMILES string of the molecule is N#Cc1nc(-c2ccco2)oc1N1CCC(C(=O)Nc2nncs2)CC1. The predicted molar refractivity (Wildman–Crippen MR) is 92.4 cm³/mol. The average molecular weight is 370 g/mol. The van der Waals surface area contributed by atoms with Crippen molar-refractivity contribution in [3.05, 3.63) is 29.6 Å². The lowest BCUT2D eigenvalue weighted by Gasteiger charge is -2.30. The van der Waals surface area contributed by atoms with Crippen LogP contribution in [0.5, 0.6) is 0 Å². The van der Waals surface area contributed by atoms with Crippen molar-refractivity contribution in [1.29, 1.82) is 5.26 Å². The number of nitriles is 1. The highest BCUT2D eigenvalue weighted by atomic mass is 32.1. The number of aromatic nitrogens is 3. The van der Waals surface area contributed by atoms with Gasteiger partial charge in [-0.3, -0.25) is 4.79 Å². The molecule has 3 aromatic heterocycles. The minimum absolute atomic E-state index is 0.0595. The minimum atomic E-state index is -0.117. The van der Waals surface area contributed by atoms with Crippen molar-refractivity contribution in [3.8, 4) is 17.7 Å². The van der Waals surface area contributed by atoms with E-state index in [2.05, 4.69) is 26.6 Å². The van der Waals surface area contributed by atoms with Gasteiger partial charge in [0.25, 0.3) is 5.89 Å². The highest BCUT2D eigenvalue weighted by molar-refractivity contribution is 7.13. The number of hydrogen-bond acceptors (Lipinski definition) is 9. The lowest BCUT2D eigenvalue weighted by Crippen LogP contribution is -2.38. The molecular formula is C16H14N6O3S. The van der Waals surface area contributed by atoms with E-state index < -0.39 is 0 Å². The van der Waals surface area contributed by atoms with Crippen LogP contribution in [0, 0.1) is 17.2 Å². The van der Waals surface area contributed by atoms with E-state index in [0.717, 1.165) is 0 Å². The Hall–Kier alpha value is -3.19. The molecule has 4 heterocycles. The van der Waals surface area contributed by atoms with Crippen LogP contribution in [-0.2, 0) is 4.79 Å². The maximum Gasteiger partial charge on any atom is 0.266 e. The summed E-state index contributed by atoms with van der Waals surface area (Å²) in [6.07, 6.45) is 2.81. The number of furan rings is 1. The van der Waals surface area contributed by atoms with Gasteiger partial charge in [0.05, 0.1) is 6.26 Å². The van der Waals surface area contributed by atoms with Gasteiger partial charge in [0.1, 0.15) is 11.6 Å². The van der Waals surface area contributed by atoms with Gasteiger partial charge in [0, 0.05) is 19.0 Å². The van der Waals surface area contributed by atoms with Crippen LogP contribution in [0.2, 0.25) is 0 Å². The lowest BCUT2D eigenvalue weighted by atomic mass is 9.96. The molecule has 1 aliphatic rings. The molecule has 1 amide bonds. The van der Waals surface area contributed by atoms with Gasteiger partial charge in [0.15, 0.2) is 5.76 Å². The van der Waals surface area contributed by atoms with E-state index in [1.165, 1.54) is 17.6 Å². The molecule has 0 aliphatic carbocycles. The molecule has 132 valence electrons. The van der Waals surface area contributed by atoms with Gasteiger partial charge < -0.3 is 19.1 Å². The summed E-state index contributed by atoms with van der Waals surface area (Å²) in [6.45, 7) is 1.19. The standard InChI is InChI=1S/C16H14N6O3S/c17-8-11-15(25-14(19-11)12-2-1-7-24-12)22-5-3-10(4-6-22)13(23)20-16-21-18-9-26-16/h1-2,7,9-10H,3-6H2,(H,20,21,23). The van der Waals surface area contributed by atoms with Gasteiger partial charge in [-0.05, 0) is 25.0 Å². The Balaban J connectivity index is 1.43. The third-order valence-electron chi connectivity index (χ3n) is 4.19. The summed E-state index contributed by atoms with van der Waals surface area (Å²) in [5.74, 6) is 0.988. The molecule has 3 aromatic rings. The molecule has 1 saturated heterocycles. The summed E-state index contributed by atoms with van der Waals surface area (Å²) in [4.78, 5) is 18.4. The Morgan fingerprint density at radius 1 is 1.42 bits per heavy atom. The summed E-state index contributed by atoms with van der Waals surface area (Å²) in [5, 5.41) is 20.1. The van der Waals surface area contributed by atoms with Crippen molar-refractivity contribution in [2.24, 2.45) is 5.92 Å². The number of carbonyl (C=O) groups excluding carboxylic acids is 1. The second-order valence-corrected chi connectivity index (χ2v) is 6.59.